The van der Waals surface area contributed by atoms with Gasteiger partial charge in [0.25, 0.3) is 0 Å². The topological polar surface area (TPSA) is 17.8 Å². The first-order valence-corrected chi connectivity index (χ1v) is 3.75. The average molecular weight is 159 g/mol. The molecule has 0 saturated heterocycles. The number of halogens is 1. The van der Waals surface area contributed by atoms with E-state index in [0.29, 0.717) is 11.1 Å². The molecule has 10 heavy (non-hydrogen) atoms. The number of aromatic nitrogens is 2. The molecule has 0 aromatic carbocycles. The first kappa shape index (κ1) is 7.61. The summed E-state index contributed by atoms with van der Waals surface area (Å²) in [6.45, 7) is 5.23. The predicted octanol–water partition coefficient (Wildman–Crippen LogP) is 2.19. The van der Waals surface area contributed by atoms with Gasteiger partial charge in [0.1, 0.15) is 0 Å². The van der Waals surface area contributed by atoms with Crippen molar-refractivity contribution in [2.75, 3.05) is 0 Å². The maximum Gasteiger partial charge on any atom is 0.151 e. The van der Waals surface area contributed by atoms with Crippen LogP contribution in [-0.2, 0) is 6.54 Å². The van der Waals surface area contributed by atoms with Crippen LogP contribution in [-0.4, -0.2) is 9.78 Å². The Kier molecular flexibility index (Phi) is 2.33. The van der Waals surface area contributed by atoms with Gasteiger partial charge in [-0.25, -0.2) is 0 Å². The van der Waals surface area contributed by atoms with Crippen LogP contribution in [0.25, 0.3) is 0 Å². The summed E-state index contributed by atoms with van der Waals surface area (Å²) in [6.07, 6.45) is 1.89. The van der Waals surface area contributed by atoms with E-state index in [2.05, 4.69) is 18.9 Å². The zero-order valence-corrected chi connectivity index (χ0v) is 6.97. The largest absolute Gasteiger partial charge is 0.271 e. The SMILES string of the molecule is CC(C)Cn1ccc(Cl)n1. The minimum absolute atomic E-state index is 0.570. The summed E-state index contributed by atoms with van der Waals surface area (Å²) < 4.78 is 1.85. The zero-order valence-electron chi connectivity index (χ0n) is 6.21. The van der Waals surface area contributed by atoms with Gasteiger partial charge in [0.15, 0.2) is 5.15 Å². The third kappa shape index (κ3) is 2.03. The second kappa shape index (κ2) is 3.06. The Labute approximate surface area is 65.8 Å². The van der Waals surface area contributed by atoms with Crippen molar-refractivity contribution >= 4 is 11.6 Å². The van der Waals surface area contributed by atoms with Crippen molar-refractivity contribution in [1.29, 1.82) is 0 Å². The molecule has 1 aromatic rings. The van der Waals surface area contributed by atoms with Gasteiger partial charge in [-0.05, 0) is 12.0 Å². The van der Waals surface area contributed by atoms with Crippen LogP contribution >= 0.6 is 11.6 Å². The fourth-order valence-electron chi connectivity index (χ4n) is 0.813. The number of rotatable bonds is 2. The highest BCUT2D eigenvalue weighted by Gasteiger charge is 1.97. The van der Waals surface area contributed by atoms with Gasteiger partial charge in [0.2, 0.25) is 0 Å². The number of hydrogen-bond donors (Lipinski definition) is 0. The molecule has 0 bridgehead atoms. The van der Waals surface area contributed by atoms with Crippen LogP contribution in [0.4, 0.5) is 0 Å². The monoisotopic (exact) mass is 158 g/mol. The summed E-state index contributed by atoms with van der Waals surface area (Å²) in [5.41, 5.74) is 0. The molecule has 1 aromatic heterocycles. The van der Waals surface area contributed by atoms with Gasteiger partial charge in [-0.1, -0.05) is 25.4 Å². The van der Waals surface area contributed by atoms with E-state index in [1.165, 1.54) is 0 Å². The minimum Gasteiger partial charge on any atom is -0.271 e. The summed E-state index contributed by atoms with van der Waals surface area (Å²) in [5, 5.41) is 4.60. The van der Waals surface area contributed by atoms with Gasteiger partial charge in [-0.15, -0.1) is 0 Å². The molecule has 0 radical (unpaired) electrons. The van der Waals surface area contributed by atoms with Crippen LogP contribution in [0.2, 0.25) is 5.15 Å². The molecule has 0 amide bonds. The van der Waals surface area contributed by atoms with Crippen molar-refractivity contribution in [2.45, 2.75) is 20.4 Å². The van der Waals surface area contributed by atoms with Crippen LogP contribution in [0.5, 0.6) is 0 Å². The van der Waals surface area contributed by atoms with E-state index in [0.717, 1.165) is 6.54 Å². The van der Waals surface area contributed by atoms with Gasteiger partial charge in [0, 0.05) is 12.7 Å². The Bertz CT molecular complexity index is 205. The summed E-state index contributed by atoms with van der Waals surface area (Å²) in [4.78, 5) is 0. The Morgan fingerprint density at radius 3 is 2.80 bits per heavy atom. The normalized spacial score (nSPS) is 10.8. The lowest BCUT2D eigenvalue weighted by atomic mass is 10.2. The van der Waals surface area contributed by atoms with Gasteiger partial charge in [-0.2, -0.15) is 5.10 Å². The van der Waals surface area contributed by atoms with Crippen molar-refractivity contribution < 1.29 is 0 Å². The molecule has 1 heterocycles. The van der Waals surface area contributed by atoms with Crippen molar-refractivity contribution in [3.63, 3.8) is 0 Å². The van der Waals surface area contributed by atoms with Crippen LogP contribution in [0.3, 0.4) is 0 Å². The van der Waals surface area contributed by atoms with Gasteiger partial charge < -0.3 is 0 Å². The minimum atomic E-state index is 0.570. The molecule has 56 valence electrons. The molecule has 0 aliphatic carbocycles. The lowest BCUT2D eigenvalue weighted by Gasteiger charge is -2.02. The second-order valence-electron chi connectivity index (χ2n) is 2.75. The smallest absolute Gasteiger partial charge is 0.151 e. The van der Waals surface area contributed by atoms with E-state index in [4.69, 9.17) is 11.6 Å². The zero-order chi connectivity index (χ0) is 7.56. The highest BCUT2D eigenvalue weighted by Crippen LogP contribution is 2.04. The van der Waals surface area contributed by atoms with Crippen LogP contribution in [0.15, 0.2) is 12.3 Å². The number of nitrogens with zero attached hydrogens (tertiary/aromatic N) is 2. The van der Waals surface area contributed by atoms with E-state index in [1.54, 1.807) is 6.07 Å². The van der Waals surface area contributed by atoms with Crippen molar-refractivity contribution in [2.24, 2.45) is 5.92 Å². The summed E-state index contributed by atoms with van der Waals surface area (Å²) in [7, 11) is 0. The molecular formula is C7H11ClN2. The third-order valence-electron chi connectivity index (χ3n) is 1.16. The molecule has 0 aliphatic rings. The summed E-state index contributed by atoms with van der Waals surface area (Å²) in [6, 6.07) is 1.80. The molecular weight excluding hydrogens is 148 g/mol. The lowest BCUT2D eigenvalue weighted by Crippen LogP contribution is -2.04. The van der Waals surface area contributed by atoms with E-state index in [1.807, 2.05) is 10.9 Å². The predicted molar refractivity (Wildman–Crippen MR) is 42.1 cm³/mol. The maximum atomic E-state index is 5.61. The molecule has 1 rings (SSSR count). The molecule has 0 N–H and O–H groups in total. The fourth-order valence-corrected chi connectivity index (χ4v) is 0.966. The van der Waals surface area contributed by atoms with E-state index >= 15 is 0 Å². The molecule has 2 nitrogen and oxygen atoms in total. The Hall–Kier alpha value is -0.500. The first-order valence-electron chi connectivity index (χ1n) is 3.37. The highest BCUT2D eigenvalue weighted by molar-refractivity contribution is 6.29. The second-order valence-corrected chi connectivity index (χ2v) is 3.14. The van der Waals surface area contributed by atoms with E-state index < -0.39 is 0 Å². The summed E-state index contributed by atoms with van der Waals surface area (Å²) >= 11 is 5.61. The third-order valence-corrected chi connectivity index (χ3v) is 1.36. The molecule has 0 atom stereocenters. The average Bonchev–Trinajstić information content (AvgIpc) is 2.13. The Balaban J connectivity index is 2.58. The number of hydrogen-bond acceptors (Lipinski definition) is 1. The van der Waals surface area contributed by atoms with E-state index in [-0.39, 0.29) is 0 Å². The molecule has 0 aliphatic heterocycles. The Morgan fingerprint density at radius 1 is 1.70 bits per heavy atom. The quantitative estimate of drug-likeness (QED) is 0.645. The highest BCUT2D eigenvalue weighted by atomic mass is 35.5. The molecule has 0 saturated carbocycles. The summed E-state index contributed by atoms with van der Waals surface area (Å²) in [5.74, 6) is 0.621. The maximum absolute atomic E-state index is 5.61. The van der Waals surface area contributed by atoms with Gasteiger partial charge >= 0.3 is 0 Å². The van der Waals surface area contributed by atoms with Crippen molar-refractivity contribution in [3.8, 4) is 0 Å². The van der Waals surface area contributed by atoms with Crippen LogP contribution in [0.1, 0.15) is 13.8 Å². The van der Waals surface area contributed by atoms with Gasteiger partial charge in [0.05, 0.1) is 0 Å². The van der Waals surface area contributed by atoms with Crippen molar-refractivity contribution in [3.05, 3.63) is 17.4 Å². The van der Waals surface area contributed by atoms with Crippen molar-refractivity contribution in [1.82, 2.24) is 9.78 Å². The Morgan fingerprint density at radius 2 is 2.40 bits per heavy atom. The van der Waals surface area contributed by atoms with E-state index in [9.17, 15) is 0 Å². The molecule has 0 spiro atoms. The lowest BCUT2D eigenvalue weighted by molar-refractivity contribution is 0.483. The molecule has 0 unspecified atom stereocenters. The van der Waals surface area contributed by atoms with Crippen LogP contribution in [0, 0.1) is 5.92 Å². The fraction of sp³-hybridized carbons (Fsp3) is 0.571. The van der Waals surface area contributed by atoms with Gasteiger partial charge in [-0.3, -0.25) is 4.68 Å². The first-order chi connectivity index (χ1) is 4.68. The van der Waals surface area contributed by atoms with Crippen LogP contribution < -0.4 is 0 Å². The molecule has 0 fully saturated rings. The standard InChI is InChI=1S/C7H11ClN2/c1-6(2)5-10-4-3-7(8)9-10/h3-4,6H,5H2,1-2H3. The molecule has 3 heteroatoms.